The van der Waals surface area contributed by atoms with Crippen LogP contribution < -0.4 is 16.0 Å². The van der Waals surface area contributed by atoms with E-state index in [4.69, 9.17) is 5.73 Å². The van der Waals surface area contributed by atoms with Gasteiger partial charge < -0.3 is 20.7 Å². The zero-order valence-corrected chi connectivity index (χ0v) is 20.7. The maximum atomic E-state index is 13.5. The first-order valence-electron chi connectivity index (χ1n) is 11.1. The summed E-state index contributed by atoms with van der Waals surface area (Å²) in [5, 5.41) is 4.04. The predicted molar refractivity (Wildman–Crippen MR) is 137 cm³/mol. The lowest BCUT2D eigenvalue weighted by molar-refractivity contribution is 0.277. The largest absolute Gasteiger partial charge is 0.388 e. The van der Waals surface area contributed by atoms with Crippen LogP contribution in [0.4, 0.5) is 11.6 Å². The molecule has 1 aliphatic heterocycles. The number of likely N-dealkylation sites (N-methyl/N-ethyl adjacent to an activating group) is 1. The van der Waals surface area contributed by atoms with Gasteiger partial charge in [0.25, 0.3) is 10.0 Å². The van der Waals surface area contributed by atoms with Crippen LogP contribution >= 0.6 is 0 Å². The minimum Gasteiger partial charge on any atom is -0.388 e. The van der Waals surface area contributed by atoms with Crippen molar-refractivity contribution >= 4 is 32.7 Å². The summed E-state index contributed by atoms with van der Waals surface area (Å²) in [6, 6.07) is 12.3. The maximum absolute atomic E-state index is 13.5. The number of fused-ring (bicyclic) bond motifs is 1. The lowest BCUT2D eigenvalue weighted by Crippen LogP contribution is -2.29. The molecule has 1 fully saturated rings. The van der Waals surface area contributed by atoms with E-state index in [9.17, 15) is 8.42 Å². The molecule has 1 saturated heterocycles. The molecule has 3 aromatic heterocycles. The third-order valence-corrected chi connectivity index (χ3v) is 7.48. The van der Waals surface area contributed by atoms with E-state index in [1.165, 1.54) is 3.97 Å². The van der Waals surface area contributed by atoms with Crippen LogP contribution in [-0.2, 0) is 14.8 Å². The molecule has 35 heavy (non-hydrogen) atoms. The van der Waals surface area contributed by atoms with E-state index in [1.54, 1.807) is 69.2 Å². The molecule has 10 nitrogen and oxygen atoms in total. The van der Waals surface area contributed by atoms with Crippen molar-refractivity contribution in [1.29, 1.82) is 0 Å². The minimum absolute atomic E-state index is 0.121. The average Bonchev–Trinajstić information content (AvgIpc) is 3.51. The Morgan fingerprint density at radius 1 is 1.09 bits per heavy atom. The van der Waals surface area contributed by atoms with Gasteiger partial charge in [-0.25, -0.2) is 27.3 Å². The van der Waals surface area contributed by atoms with Gasteiger partial charge in [0.1, 0.15) is 0 Å². The lowest BCUT2D eigenvalue weighted by Gasteiger charge is -2.20. The molecule has 0 aliphatic carbocycles. The Bertz CT molecular complexity index is 1410. The molecule has 1 atom stereocenters. The first-order valence-corrected chi connectivity index (χ1v) is 12.6. The molecule has 0 amide bonds. The van der Waals surface area contributed by atoms with Gasteiger partial charge in [0.05, 0.1) is 21.7 Å². The van der Waals surface area contributed by atoms with Gasteiger partial charge in [-0.2, -0.15) is 0 Å². The number of rotatable bonds is 5. The fraction of sp³-hybridized carbons (Fsp3) is 0.292. The number of pyridine rings is 1. The van der Waals surface area contributed by atoms with E-state index in [0.717, 1.165) is 30.6 Å². The fourth-order valence-corrected chi connectivity index (χ4v) is 5.53. The number of methoxy groups -OCH3 is 1. The maximum Gasteiger partial charge on any atom is 0.269 e. The number of nitrogens with two attached hydrogens (primary N) is 1. The quantitative estimate of drug-likeness (QED) is 0.429. The molecular formula is C24H29N7O3S. The van der Waals surface area contributed by atoms with Crippen LogP contribution in [0.15, 0.2) is 66.0 Å². The van der Waals surface area contributed by atoms with Crippen LogP contribution in [0.25, 0.3) is 22.3 Å². The van der Waals surface area contributed by atoms with Crippen molar-refractivity contribution in [1.82, 2.24) is 24.2 Å². The second kappa shape index (κ2) is 10.4. The number of anilines is 2. The molecule has 0 radical (unpaired) electrons. The highest BCUT2D eigenvalue weighted by molar-refractivity contribution is 7.90. The zero-order valence-electron chi connectivity index (χ0n) is 19.9. The van der Waals surface area contributed by atoms with Gasteiger partial charge in [-0.15, -0.1) is 0 Å². The molecule has 1 unspecified atom stereocenters. The van der Waals surface area contributed by atoms with E-state index in [2.05, 4.69) is 29.9 Å². The number of benzene rings is 1. The standard InChI is InChI=1S/C22H23N7O2S.C2H6O/c1-24-15-9-12-28(13-15)19-8-11-25-21-20(19)17(18-7-10-26-22(23)27-18)14-29(21)32(30,31)16-5-3-2-4-6-16;1-3-2/h2-8,10-11,14-15,24H,9,12-13H2,1H3,(H2,23,26,27);1-2H3. The minimum atomic E-state index is -3.87. The Morgan fingerprint density at radius 3 is 2.46 bits per heavy atom. The Kier molecular flexibility index (Phi) is 7.29. The SMILES string of the molecule is CNC1CCN(c2ccnc3c2c(-c2ccnc(N)n2)cn3S(=O)(=O)c2ccccc2)C1.COC. The van der Waals surface area contributed by atoms with Crippen LogP contribution in [-0.4, -0.2) is 67.7 Å². The second-order valence-corrected chi connectivity index (χ2v) is 9.93. The smallest absolute Gasteiger partial charge is 0.269 e. The van der Waals surface area contributed by atoms with Crippen molar-refractivity contribution in [2.24, 2.45) is 0 Å². The van der Waals surface area contributed by atoms with Crippen LogP contribution in [0.5, 0.6) is 0 Å². The molecule has 0 spiro atoms. The molecule has 3 N–H and O–H groups in total. The summed E-state index contributed by atoms with van der Waals surface area (Å²) in [4.78, 5) is 15.3. The van der Waals surface area contributed by atoms with Gasteiger partial charge in [0.15, 0.2) is 5.65 Å². The number of nitrogens with one attached hydrogen (secondary N) is 1. The van der Waals surface area contributed by atoms with Crippen molar-refractivity contribution in [3.63, 3.8) is 0 Å². The average molecular weight is 496 g/mol. The lowest BCUT2D eigenvalue weighted by atomic mass is 10.1. The van der Waals surface area contributed by atoms with E-state index < -0.39 is 10.0 Å². The van der Waals surface area contributed by atoms with E-state index in [0.29, 0.717) is 22.9 Å². The number of hydrogen-bond acceptors (Lipinski definition) is 9. The van der Waals surface area contributed by atoms with Gasteiger partial charge in [0.2, 0.25) is 5.95 Å². The summed E-state index contributed by atoms with van der Waals surface area (Å²) >= 11 is 0. The molecule has 184 valence electrons. The summed E-state index contributed by atoms with van der Waals surface area (Å²) in [5.74, 6) is 0.121. The zero-order chi connectivity index (χ0) is 25.0. The summed E-state index contributed by atoms with van der Waals surface area (Å²) in [6.07, 6.45) is 5.80. The summed E-state index contributed by atoms with van der Waals surface area (Å²) in [7, 11) is 1.33. The molecule has 1 aliphatic rings. The van der Waals surface area contributed by atoms with Crippen LogP contribution in [0.1, 0.15) is 6.42 Å². The monoisotopic (exact) mass is 495 g/mol. The Labute approximate surface area is 204 Å². The number of nitrogen functional groups attached to an aromatic ring is 1. The van der Waals surface area contributed by atoms with Gasteiger partial charge in [-0.3, -0.25) is 0 Å². The number of hydrogen-bond donors (Lipinski definition) is 2. The summed E-state index contributed by atoms with van der Waals surface area (Å²) in [6.45, 7) is 1.67. The summed E-state index contributed by atoms with van der Waals surface area (Å²) in [5.41, 5.74) is 8.30. The fourth-order valence-electron chi connectivity index (χ4n) is 4.19. The molecular weight excluding hydrogens is 466 g/mol. The van der Waals surface area contributed by atoms with E-state index in [-0.39, 0.29) is 10.8 Å². The topological polar surface area (TPSA) is 128 Å². The molecule has 5 rings (SSSR count). The van der Waals surface area contributed by atoms with E-state index in [1.807, 2.05) is 13.1 Å². The van der Waals surface area contributed by atoms with Crippen molar-refractivity contribution in [2.45, 2.75) is 17.4 Å². The van der Waals surface area contributed by atoms with Crippen molar-refractivity contribution in [2.75, 3.05) is 45.0 Å². The van der Waals surface area contributed by atoms with Crippen LogP contribution in [0.3, 0.4) is 0 Å². The Morgan fingerprint density at radius 2 is 1.80 bits per heavy atom. The number of aromatic nitrogens is 4. The Balaban J connectivity index is 0.000000917. The molecule has 4 aromatic rings. The first kappa shape index (κ1) is 24.6. The number of ether oxygens (including phenoxy) is 1. The first-order chi connectivity index (χ1) is 16.9. The van der Waals surface area contributed by atoms with Crippen LogP contribution in [0.2, 0.25) is 0 Å². The van der Waals surface area contributed by atoms with E-state index >= 15 is 0 Å². The molecule has 1 aromatic carbocycles. The van der Waals surface area contributed by atoms with Gasteiger partial charge in [-0.05, 0) is 37.7 Å². The molecule has 4 heterocycles. The highest BCUT2D eigenvalue weighted by atomic mass is 32.2. The van der Waals surface area contributed by atoms with Crippen molar-refractivity contribution < 1.29 is 13.2 Å². The molecule has 11 heteroatoms. The third-order valence-electron chi connectivity index (χ3n) is 5.82. The highest BCUT2D eigenvalue weighted by Gasteiger charge is 2.28. The van der Waals surface area contributed by atoms with Crippen LogP contribution in [0, 0.1) is 0 Å². The Hall–Kier alpha value is -3.54. The van der Waals surface area contributed by atoms with Crippen molar-refractivity contribution in [3.05, 3.63) is 61.1 Å². The third kappa shape index (κ3) is 4.83. The van der Waals surface area contributed by atoms with Gasteiger partial charge >= 0.3 is 0 Å². The highest BCUT2D eigenvalue weighted by Crippen LogP contribution is 2.38. The predicted octanol–water partition coefficient (Wildman–Crippen LogP) is 2.37. The second-order valence-electron chi connectivity index (χ2n) is 8.11. The van der Waals surface area contributed by atoms with Gasteiger partial charge in [0, 0.05) is 57.5 Å². The van der Waals surface area contributed by atoms with Crippen molar-refractivity contribution in [3.8, 4) is 11.3 Å². The molecule has 0 saturated carbocycles. The normalized spacial score (nSPS) is 15.7. The summed E-state index contributed by atoms with van der Waals surface area (Å²) < 4.78 is 32.6. The molecule has 0 bridgehead atoms. The number of nitrogens with zero attached hydrogens (tertiary/aromatic N) is 5. The van der Waals surface area contributed by atoms with Gasteiger partial charge in [-0.1, -0.05) is 18.2 Å².